The average molecular weight is 331 g/mol. The molecule has 0 aliphatic carbocycles. The van der Waals surface area contributed by atoms with E-state index in [1.807, 2.05) is 34.5 Å². The summed E-state index contributed by atoms with van der Waals surface area (Å²) in [6, 6.07) is 7.81. The number of nitrogens with zero attached hydrogens (tertiary/aromatic N) is 1. The maximum atomic E-state index is 12.8. The van der Waals surface area contributed by atoms with Crippen LogP contribution in [-0.2, 0) is 13.0 Å². The van der Waals surface area contributed by atoms with E-state index in [9.17, 15) is 4.79 Å². The SMILES string of the molecule is COc1cc2c(cc1OC)CC(C)(C)N(C(=O)c1cccs1)C2. The fourth-order valence-electron chi connectivity index (χ4n) is 3.10. The molecule has 4 nitrogen and oxygen atoms in total. The molecule has 0 N–H and O–H groups in total. The number of carbonyl (C=O) groups excluding carboxylic acids is 1. The van der Waals surface area contributed by atoms with Gasteiger partial charge in [-0.05, 0) is 55.0 Å². The highest BCUT2D eigenvalue weighted by atomic mass is 32.1. The van der Waals surface area contributed by atoms with E-state index >= 15 is 0 Å². The van der Waals surface area contributed by atoms with Crippen molar-refractivity contribution >= 4 is 17.2 Å². The van der Waals surface area contributed by atoms with Gasteiger partial charge in [-0.2, -0.15) is 0 Å². The minimum Gasteiger partial charge on any atom is -0.493 e. The number of rotatable bonds is 3. The first-order chi connectivity index (χ1) is 11.0. The van der Waals surface area contributed by atoms with Gasteiger partial charge < -0.3 is 14.4 Å². The lowest BCUT2D eigenvalue weighted by molar-refractivity contribution is 0.0493. The topological polar surface area (TPSA) is 38.8 Å². The molecule has 0 fully saturated rings. The monoisotopic (exact) mass is 331 g/mol. The van der Waals surface area contributed by atoms with Gasteiger partial charge in [0.1, 0.15) is 0 Å². The van der Waals surface area contributed by atoms with Crippen LogP contribution in [0.2, 0.25) is 0 Å². The van der Waals surface area contributed by atoms with E-state index in [1.54, 1.807) is 14.2 Å². The third-order valence-electron chi connectivity index (χ3n) is 4.37. The highest BCUT2D eigenvalue weighted by Gasteiger charge is 2.37. The number of thiophene rings is 1. The first kappa shape index (κ1) is 15.9. The summed E-state index contributed by atoms with van der Waals surface area (Å²) in [5.74, 6) is 1.53. The lowest BCUT2D eigenvalue weighted by Crippen LogP contribution is -2.51. The lowest BCUT2D eigenvalue weighted by atomic mass is 9.85. The molecule has 1 aliphatic heterocycles. The zero-order valence-corrected chi connectivity index (χ0v) is 14.7. The maximum absolute atomic E-state index is 12.8. The highest BCUT2D eigenvalue weighted by molar-refractivity contribution is 7.12. The Morgan fingerprint density at radius 3 is 2.39 bits per heavy atom. The second-order valence-electron chi connectivity index (χ2n) is 6.33. The summed E-state index contributed by atoms with van der Waals surface area (Å²) in [4.78, 5) is 15.6. The summed E-state index contributed by atoms with van der Waals surface area (Å²) < 4.78 is 10.8. The summed E-state index contributed by atoms with van der Waals surface area (Å²) in [7, 11) is 3.27. The van der Waals surface area contributed by atoms with E-state index in [4.69, 9.17) is 9.47 Å². The zero-order chi connectivity index (χ0) is 16.6. The van der Waals surface area contributed by atoms with Crippen molar-refractivity contribution in [3.05, 3.63) is 45.6 Å². The van der Waals surface area contributed by atoms with Crippen molar-refractivity contribution in [2.24, 2.45) is 0 Å². The normalized spacial score (nSPS) is 15.9. The van der Waals surface area contributed by atoms with Gasteiger partial charge in [-0.25, -0.2) is 0 Å². The molecule has 5 heteroatoms. The van der Waals surface area contributed by atoms with Crippen LogP contribution in [0.1, 0.15) is 34.6 Å². The first-order valence-corrected chi connectivity index (χ1v) is 8.43. The number of amides is 1. The Balaban J connectivity index is 1.99. The molecule has 0 radical (unpaired) electrons. The van der Waals surface area contributed by atoms with Crippen LogP contribution in [0.3, 0.4) is 0 Å². The second kappa shape index (κ2) is 5.89. The number of fused-ring (bicyclic) bond motifs is 1. The molecule has 23 heavy (non-hydrogen) atoms. The predicted octanol–water partition coefficient (Wildman–Crippen LogP) is 3.74. The molecule has 1 amide bonds. The van der Waals surface area contributed by atoms with Crippen LogP contribution >= 0.6 is 11.3 Å². The number of hydrogen-bond donors (Lipinski definition) is 0. The molecule has 1 aromatic carbocycles. The van der Waals surface area contributed by atoms with E-state index in [0.717, 1.165) is 22.6 Å². The lowest BCUT2D eigenvalue weighted by Gasteiger charge is -2.43. The summed E-state index contributed by atoms with van der Waals surface area (Å²) in [5.41, 5.74) is 2.09. The number of ether oxygens (including phenoxy) is 2. The smallest absolute Gasteiger partial charge is 0.264 e. The van der Waals surface area contributed by atoms with E-state index in [2.05, 4.69) is 13.8 Å². The number of hydrogen-bond acceptors (Lipinski definition) is 4. The predicted molar refractivity (Wildman–Crippen MR) is 91.5 cm³/mol. The largest absolute Gasteiger partial charge is 0.493 e. The molecule has 0 saturated heterocycles. The van der Waals surface area contributed by atoms with Gasteiger partial charge in [0.25, 0.3) is 5.91 Å². The Morgan fingerprint density at radius 2 is 1.83 bits per heavy atom. The van der Waals surface area contributed by atoms with Gasteiger partial charge in [0.2, 0.25) is 0 Å². The van der Waals surface area contributed by atoms with Crippen molar-refractivity contribution in [1.82, 2.24) is 4.90 Å². The Labute approximate surface area is 140 Å². The number of carbonyl (C=O) groups is 1. The molecule has 3 rings (SSSR count). The fraction of sp³-hybridized carbons (Fsp3) is 0.389. The van der Waals surface area contributed by atoms with Crippen LogP contribution in [0.15, 0.2) is 29.6 Å². The van der Waals surface area contributed by atoms with Crippen LogP contribution in [0.4, 0.5) is 0 Å². The minimum absolute atomic E-state index is 0.0884. The molecule has 1 aliphatic rings. The van der Waals surface area contributed by atoms with Crippen LogP contribution < -0.4 is 9.47 Å². The van der Waals surface area contributed by atoms with Crippen molar-refractivity contribution < 1.29 is 14.3 Å². The standard InChI is InChI=1S/C18H21NO3S/c1-18(2)10-12-8-14(21-3)15(22-4)9-13(12)11-19(18)17(20)16-6-5-7-23-16/h5-9H,10-11H2,1-4H3. The van der Waals surface area contributed by atoms with E-state index < -0.39 is 0 Å². The van der Waals surface area contributed by atoms with Crippen LogP contribution in [0.25, 0.3) is 0 Å². The molecule has 0 unspecified atom stereocenters. The molecular formula is C18H21NO3S. The minimum atomic E-state index is -0.242. The number of methoxy groups -OCH3 is 2. The van der Waals surface area contributed by atoms with Gasteiger partial charge in [0, 0.05) is 12.1 Å². The quantitative estimate of drug-likeness (QED) is 0.860. The maximum Gasteiger partial charge on any atom is 0.264 e. The highest BCUT2D eigenvalue weighted by Crippen LogP contribution is 2.38. The fourth-order valence-corrected chi connectivity index (χ4v) is 3.77. The van der Waals surface area contributed by atoms with Gasteiger partial charge in [0.05, 0.1) is 19.1 Å². The van der Waals surface area contributed by atoms with Gasteiger partial charge in [-0.15, -0.1) is 11.3 Å². The van der Waals surface area contributed by atoms with Crippen molar-refractivity contribution in [3.63, 3.8) is 0 Å². The van der Waals surface area contributed by atoms with Crippen molar-refractivity contribution in [3.8, 4) is 11.5 Å². The first-order valence-electron chi connectivity index (χ1n) is 7.55. The van der Waals surface area contributed by atoms with Crippen molar-refractivity contribution in [1.29, 1.82) is 0 Å². The van der Waals surface area contributed by atoms with E-state index in [-0.39, 0.29) is 11.4 Å². The third kappa shape index (κ3) is 2.81. The molecule has 122 valence electrons. The molecular weight excluding hydrogens is 310 g/mol. The van der Waals surface area contributed by atoms with Crippen LogP contribution in [0, 0.1) is 0 Å². The zero-order valence-electron chi connectivity index (χ0n) is 13.9. The molecule has 2 heterocycles. The average Bonchev–Trinajstić information content (AvgIpc) is 3.06. The summed E-state index contributed by atoms with van der Waals surface area (Å²) in [6.45, 7) is 4.80. The Kier molecular flexibility index (Phi) is 4.06. The molecule has 0 saturated carbocycles. The number of benzene rings is 1. The molecule has 2 aromatic rings. The van der Waals surface area contributed by atoms with Crippen LogP contribution in [0.5, 0.6) is 11.5 Å². The Bertz CT molecular complexity index is 722. The van der Waals surface area contributed by atoms with Crippen molar-refractivity contribution in [2.45, 2.75) is 32.4 Å². The van der Waals surface area contributed by atoms with E-state index in [1.165, 1.54) is 16.9 Å². The van der Waals surface area contributed by atoms with Gasteiger partial charge >= 0.3 is 0 Å². The summed E-state index contributed by atoms with van der Waals surface area (Å²) in [5, 5.41) is 1.94. The Hall–Kier alpha value is -2.01. The molecule has 0 spiro atoms. The second-order valence-corrected chi connectivity index (χ2v) is 7.28. The van der Waals surface area contributed by atoms with Gasteiger partial charge in [-0.1, -0.05) is 6.07 Å². The van der Waals surface area contributed by atoms with Gasteiger partial charge in [0.15, 0.2) is 11.5 Å². The molecule has 0 bridgehead atoms. The third-order valence-corrected chi connectivity index (χ3v) is 5.22. The van der Waals surface area contributed by atoms with Crippen LogP contribution in [-0.4, -0.2) is 30.6 Å². The molecule has 0 atom stereocenters. The Morgan fingerprint density at radius 1 is 1.17 bits per heavy atom. The molecule has 1 aromatic heterocycles. The van der Waals surface area contributed by atoms with Crippen molar-refractivity contribution in [2.75, 3.05) is 14.2 Å². The summed E-state index contributed by atoms with van der Waals surface area (Å²) in [6.07, 6.45) is 0.791. The van der Waals surface area contributed by atoms with E-state index in [0.29, 0.717) is 12.3 Å². The summed E-state index contributed by atoms with van der Waals surface area (Å²) >= 11 is 1.48. The van der Waals surface area contributed by atoms with Gasteiger partial charge in [-0.3, -0.25) is 4.79 Å².